The summed E-state index contributed by atoms with van der Waals surface area (Å²) in [6.45, 7) is -0.453. The summed E-state index contributed by atoms with van der Waals surface area (Å²) in [5, 5.41) is 0. The van der Waals surface area contributed by atoms with Gasteiger partial charge in [-0.15, -0.1) is 0 Å². The number of nitrogens with zero attached hydrogens (tertiary/aromatic N) is 1. The van der Waals surface area contributed by atoms with Gasteiger partial charge in [-0.25, -0.2) is 4.58 Å². The summed E-state index contributed by atoms with van der Waals surface area (Å²) in [5.74, 6) is 0. The zero-order valence-corrected chi connectivity index (χ0v) is 9.24. The summed E-state index contributed by atoms with van der Waals surface area (Å²) < 4.78 is 37.8. The van der Waals surface area contributed by atoms with Crippen molar-refractivity contribution in [1.29, 1.82) is 0 Å². The normalized spacial score (nSPS) is 16.4. The molecule has 0 aliphatic carbocycles. The van der Waals surface area contributed by atoms with Crippen LogP contribution >= 0.6 is 0 Å². The van der Waals surface area contributed by atoms with Crippen molar-refractivity contribution in [3.8, 4) is 0 Å². The van der Waals surface area contributed by atoms with Gasteiger partial charge < -0.3 is 0 Å². The van der Waals surface area contributed by atoms with Crippen molar-refractivity contribution >= 4 is 11.8 Å². The second kappa shape index (κ2) is 4.73. The zero-order chi connectivity index (χ0) is 12.3. The van der Waals surface area contributed by atoms with E-state index in [1.54, 1.807) is 6.08 Å². The van der Waals surface area contributed by atoms with Gasteiger partial charge in [-0.3, -0.25) is 0 Å². The summed E-state index contributed by atoms with van der Waals surface area (Å²) in [6, 6.07) is 9.72. The first-order valence-corrected chi connectivity index (χ1v) is 5.45. The zero-order valence-electron chi connectivity index (χ0n) is 9.24. The van der Waals surface area contributed by atoms with Crippen molar-refractivity contribution in [1.82, 2.24) is 0 Å². The lowest BCUT2D eigenvalue weighted by Gasteiger charge is -2.12. The number of halogens is 3. The summed E-state index contributed by atoms with van der Waals surface area (Å²) in [7, 11) is 0. The van der Waals surface area contributed by atoms with Crippen molar-refractivity contribution in [2.24, 2.45) is 0 Å². The third-order valence-electron chi connectivity index (χ3n) is 2.68. The van der Waals surface area contributed by atoms with Crippen LogP contribution in [0.5, 0.6) is 0 Å². The van der Waals surface area contributed by atoms with Crippen LogP contribution in [0.4, 0.5) is 13.2 Å². The molecule has 1 heterocycles. The molecule has 1 aliphatic heterocycles. The molecule has 0 fully saturated rings. The van der Waals surface area contributed by atoms with E-state index in [0.717, 1.165) is 11.1 Å². The molecule has 17 heavy (non-hydrogen) atoms. The molecule has 4 heteroatoms. The number of alkyl halides is 3. The molecule has 0 aromatic heterocycles. The van der Waals surface area contributed by atoms with Crippen molar-refractivity contribution in [2.45, 2.75) is 12.6 Å². The van der Waals surface area contributed by atoms with Crippen LogP contribution in [0.1, 0.15) is 12.0 Å². The van der Waals surface area contributed by atoms with Crippen LogP contribution in [0.25, 0.3) is 5.57 Å². The molecule has 1 nitrogen and oxygen atoms in total. The Hall–Kier alpha value is -1.58. The van der Waals surface area contributed by atoms with Crippen LogP contribution in [-0.2, 0) is 0 Å². The first-order chi connectivity index (χ1) is 8.04. The average Bonchev–Trinajstić information content (AvgIpc) is 2.29. The van der Waals surface area contributed by atoms with Gasteiger partial charge >= 0.3 is 6.18 Å². The SMILES string of the molecule is FC(F)(F)C[N+]1=CC=C(c2ccccc2)CC1. The van der Waals surface area contributed by atoms with E-state index >= 15 is 0 Å². The van der Waals surface area contributed by atoms with Gasteiger partial charge in [0.2, 0.25) is 6.54 Å². The largest absolute Gasteiger partial charge is 0.448 e. The molecule has 90 valence electrons. The smallest absolute Gasteiger partial charge is 0.226 e. The molecule has 0 unspecified atom stereocenters. The third kappa shape index (κ3) is 3.44. The fourth-order valence-electron chi connectivity index (χ4n) is 1.87. The Morgan fingerprint density at radius 1 is 1.12 bits per heavy atom. The molecular weight excluding hydrogens is 227 g/mol. The van der Waals surface area contributed by atoms with Crippen LogP contribution in [-0.4, -0.2) is 30.1 Å². The van der Waals surface area contributed by atoms with E-state index in [-0.39, 0.29) is 0 Å². The average molecular weight is 240 g/mol. The first-order valence-electron chi connectivity index (χ1n) is 5.45. The van der Waals surface area contributed by atoms with Gasteiger partial charge in [-0.1, -0.05) is 30.3 Å². The molecule has 0 saturated heterocycles. The van der Waals surface area contributed by atoms with Crippen molar-refractivity contribution in [2.75, 3.05) is 13.1 Å². The highest BCUT2D eigenvalue weighted by Crippen LogP contribution is 2.21. The summed E-state index contributed by atoms with van der Waals surface area (Å²) >= 11 is 0. The fourth-order valence-corrected chi connectivity index (χ4v) is 1.87. The number of hydrogen-bond donors (Lipinski definition) is 0. The van der Waals surface area contributed by atoms with E-state index in [0.29, 0.717) is 13.0 Å². The van der Waals surface area contributed by atoms with Gasteiger partial charge in [-0.2, -0.15) is 13.2 Å². The second-order valence-corrected chi connectivity index (χ2v) is 4.04. The maximum Gasteiger partial charge on any atom is 0.448 e. The van der Waals surface area contributed by atoms with Gasteiger partial charge in [0.1, 0.15) is 6.54 Å². The molecule has 0 radical (unpaired) electrons. The minimum Gasteiger partial charge on any atom is -0.226 e. The predicted octanol–water partition coefficient (Wildman–Crippen LogP) is 3.12. The number of benzene rings is 1. The quantitative estimate of drug-likeness (QED) is 0.699. The first kappa shape index (κ1) is 11.9. The minimum absolute atomic E-state index is 0.417. The van der Waals surface area contributed by atoms with Gasteiger partial charge in [-0.05, 0) is 11.1 Å². The number of rotatable bonds is 2. The highest BCUT2D eigenvalue weighted by molar-refractivity contribution is 5.83. The molecule has 0 spiro atoms. The lowest BCUT2D eigenvalue weighted by atomic mass is 10.0. The van der Waals surface area contributed by atoms with Crippen LogP contribution in [0.2, 0.25) is 0 Å². The Kier molecular flexibility index (Phi) is 3.31. The second-order valence-electron chi connectivity index (χ2n) is 4.04. The molecule has 1 aromatic carbocycles. The van der Waals surface area contributed by atoms with Gasteiger partial charge in [0.15, 0.2) is 6.21 Å². The topological polar surface area (TPSA) is 3.01 Å². The lowest BCUT2D eigenvalue weighted by molar-refractivity contribution is -0.553. The maximum atomic E-state index is 12.2. The molecule has 0 saturated carbocycles. The van der Waals surface area contributed by atoms with Crippen LogP contribution in [0.3, 0.4) is 0 Å². The van der Waals surface area contributed by atoms with E-state index in [2.05, 4.69) is 0 Å². The van der Waals surface area contributed by atoms with E-state index in [1.807, 2.05) is 30.3 Å². The third-order valence-corrected chi connectivity index (χ3v) is 2.68. The number of hydrogen-bond acceptors (Lipinski definition) is 0. The summed E-state index contributed by atoms with van der Waals surface area (Å²) in [5.41, 5.74) is 2.17. The highest BCUT2D eigenvalue weighted by Gasteiger charge is 2.34. The molecule has 1 aliphatic rings. The van der Waals surface area contributed by atoms with Crippen molar-refractivity contribution in [3.05, 3.63) is 42.0 Å². The molecule has 0 bridgehead atoms. The van der Waals surface area contributed by atoms with Crippen LogP contribution in [0, 0.1) is 0 Å². The fraction of sp³-hybridized carbons (Fsp3) is 0.308. The standard InChI is InChI=1S/C13H13F3N/c14-13(15,16)10-17-8-6-12(7-9-17)11-4-2-1-3-5-11/h1-6,8H,7,9-10H2/q+1. The Balaban J connectivity index is 2.11. The molecular formula is C13H13F3N+. The molecule has 2 rings (SSSR count). The molecule has 0 N–H and O–H groups in total. The highest BCUT2D eigenvalue weighted by atomic mass is 19.4. The summed E-state index contributed by atoms with van der Waals surface area (Å²) in [6.07, 6.45) is -0.185. The van der Waals surface area contributed by atoms with E-state index in [4.69, 9.17) is 0 Å². The Morgan fingerprint density at radius 3 is 2.35 bits per heavy atom. The predicted molar refractivity (Wildman–Crippen MR) is 61.1 cm³/mol. The monoisotopic (exact) mass is 240 g/mol. The van der Waals surface area contributed by atoms with Gasteiger partial charge in [0, 0.05) is 12.5 Å². The minimum atomic E-state index is -4.13. The molecule has 1 aromatic rings. The van der Waals surface area contributed by atoms with Crippen LogP contribution < -0.4 is 0 Å². The maximum absolute atomic E-state index is 12.2. The Bertz CT molecular complexity index is 443. The van der Waals surface area contributed by atoms with Gasteiger partial charge in [0.05, 0.1) is 0 Å². The Labute approximate surface area is 97.9 Å². The van der Waals surface area contributed by atoms with Gasteiger partial charge in [0.25, 0.3) is 0 Å². The van der Waals surface area contributed by atoms with E-state index in [1.165, 1.54) is 10.8 Å². The molecule has 0 amide bonds. The van der Waals surface area contributed by atoms with Crippen molar-refractivity contribution in [3.63, 3.8) is 0 Å². The van der Waals surface area contributed by atoms with E-state index < -0.39 is 12.7 Å². The van der Waals surface area contributed by atoms with Crippen LogP contribution in [0.15, 0.2) is 36.4 Å². The molecule has 0 atom stereocenters. The number of allylic oxidation sites excluding steroid dienone is 1. The summed E-state index contributed by atoms with van der Waals surface area (Å²) in [4.78, 5) is 0. The van der Waals surface area contributed by atoms with E-state index in [9.17, 15) is 13.2 Å². The van der Waals surface area contributed by atoms with Crippen molar-refractivity contribution < 1.29 is 17.7 Å². The lowest BCUT2D eigenvalue weighted by Crippen LogP contribution is -2.29. The Morgan fingerprint density at radius 2 is 1.82 bits per heavy atom.